The van der Waals surface area contributed by atoms with Gasteiger partial charge in [0.05, 0.1) is 19.9 Å². The van der Waals surface area contributed by atoms with Crippen LogP contribution < -0.4 is 19.5 Å². The maximum absolute atomic E-state index is 13.7. The summed E-state index contributed by atoms with van der Waals surface area (Å²) in [7, 11) is -2.69. The molecule has 0 aliphatic heterocycles. The van der Waals surface area contributed by atoms with E-state index >= 15 is 0 Å². The first-order chi connectivity index (χ1) is 21.9. The molecule has 5 aromatic rings. The number of rotatable bonds is 12. The normalized spacial score (nSPS) is 11.8. The number of aryl methyl sites for hydroxylation is 1. The third kappa shape index (κ3) is 7.93. The minimum atomic E-state index is -4.17. The molecule has 3 aromatic heterocycles. The number of pyridine rings is 1. The number of amides is 1. The van der Waals surface area contributed by atoms with Crippen LogP contribution in [0.3, 0.4) is 0 Å². The number of carbonyl (C=O) groups is 1. The van der Waals surface area contributed by atoms with Crippen LogP contribution in [0.5, 0.6) is 11.5 Å². The van der Waals surface area contributed by atoms with Crippen molar-refractivity contribution >= 4 is 32.9 Å². The summed E-state index contributed by atoms with van der Waals surface area (Å²) in [5.41, 5.74) is 2.90. The van der Waals surface area contributed by atoms with E-state index < -0.39 is 21.7 Å². The zero-order chi connectivity index (χ0) is 32.9. The average molecular weight is 649 g/mol. The summed E-state index contributed by atoms with van der Waals surface area (Å²) in [6, 6.07) is 12.2. The van der Waals surface area contributed by atoms with Gasteiger partial charge in [0.1, 0.15) is 34.0 Å². The number of anilines is 1. The van der Waals surface area contributed by atoms with Crippen LogP contribution in [0.15, 0.2) is 76.7 Å². The lowest BCUT2D eigenvalue weighted by molar-refractivity contribution is 0.0523. The van der Waals surface area contributed by atoms with Crippen molar-refractivity contribution in [1.82, 2.24) is 25.2 Å². The van der Waals surface area contributed by atoms with Crippen molar-refractivity contribution in [3.8, 4) is 11.5 Å². The van der Waals surface area contributed by atoms with Gasteiger partial charge < -0.3 is 24.1 Å². The van der Waals surface area contributed by atoms with Crippen molar-refractivity contribution in [3.05, 3.63) is 89.5 Å². The molecular weight excluding hydrogens is 612 g/mol. The summed E-state index contributed by atoms with van der Waals surface area (Å²) in [5.74, 6) is 0.532. The molecule has 0 unspecified atom stereocenters. The minimum Gasteiger partial charge on any atom is -0.496 e. The Labute approximate surface area is 266 Å². The zero-order valence-electron chi connectivity index (χ0n) is 26.2. The van der Waals surface area contributed by atoms with Crippen LogP contribution in [-0.2, 0) is 40.9 Å². The largest absolute Gasteiger partial charge is 0.496 e. The molecule has 0 bridgehead atoms. The molecule has 0 atom stereocenters. The Morgan fingerprint density at radius 2 is 1.85 bits per heavy atom. The first-order valence-corrected chi connectivity index (χ1v) is 16.0. The van der Waals surface area contributed by atoms with Crippen LogP contribution in [0, 0.1) is 0 Å². The number of sulfonamides is 1. The molecule has 242 valence electrons. The predicted molar refractivity (Wildman–Crippen MR) is 170 cm³/mol. The first kappa shape index (κ1) is 32.3. The van der Waals surface area contributed by atoms with Gasteiger partial charge in [-0.1, -0.05) is 24.2 Å². The van der Waals surface area contributed by atoms with E-state index in [-0.39, 0.29) is 29.6 Å². The molecule has 3 heterocycles. The highest BCUT2D eigenvalue weighted by molar-refractivity contribution is 7.92. The van der Waals surface area contributed by atoms with Crippen LogP contribution >= 0.6 is 0 Å². The van der Waals surface area contributed by atoms with Crippen molar-refractivity contribution in [1.29, 1.82) is 0 Å². The molecular formula is C32H36N6O7S. The van der Waals surface area contributed by atoms with Crippen LogP contribution in [0.2, 0.25) is 0 Å². The van der Waals surface area contributed by atoms with E-state index in [0.717, 1.165) is 22.3 Å². The number of ether oxygens (including phenoxy) is 3. The number of nitrogens with one attached hydrogen (secondary N) is 2. The second kappa shape index (κ2) is 13.5. The number of benzene rings is 2. The fourth-order valence-electron chi connectivity index (χ4n) is 4.60. The minimum absolute atomic E-state index is 0.0203. The molecule has 14 heteroatoms. The Hall–Kier alpha value is -5.11. The van der Waals surface area contributed by atoms with Crippen molar-refractivity contribution in [3.63, 3.8) is 0 Å². The highest BCUT2D eigenvalue weighted by atomic mass is 32.2. The second-order valence-electron chi connectivity index (χ2n) is 11.5. The number of methoxy groups -OCH3 is 1. The van der Waals surface area contributed by atoms with Gasteiger partial charge in [0.2, 0.25) is 0 Å². The van der Waals surface area contributed by atoms with Crippen molar-refractivity contribution in [2.45, 2.75) is 64.3 Å². The summed E-state index contributed by atoms with van der Waals surface area (Å²) < 4.78 is 54.1. The van der Waals surface area contributed by atoms with Crippen LogP contribution in [0.25, 0.3) is 11.0 Å². The second-order valence-corrected chi connectivity index (χ2v) is 13.1. The predicted octanol–water partition coefficient (Wildman–Crippen LogP) is 5.44. The van der Waals surface area contributed by atoms with E-state index in [1.165, 1.54) is 7.11 Å². The molecule has 0 fully saturated rings. The average Bonchev–Trinajstić information content (AvgIpc) is 3.64. The molecule has 46 heavy (non-hydrogen) atoms. The number of hydrogen-bond donors (Lipinski definition) is 2. The maximum Gasteiger partial charge on any atom is 0.407 e. The Kier molecular flexibility index (Phi) is 9.46. The van der Waals surface area contributed by atoms with Crippen LogP contribution in [0.4, 0.5) is 10.6 Å². The quantitative estimate of drug-likeness (QED) is 0.178. The summed E-state index contributed by atoms with van der Waals surface area (Å²) in [6.45, 7) is 8.07. The lowest BCUT2D eigenvalue weighted by Crippen LogP contribution is -2.32. The topological polar surface area (TPSA) is 160 Å². The molecule has 0 saturated carbocycles. The van der Waals surface area contributed by atoms with Crippen molar-refractivity contribution in [2.75, 3.05) is 11.8 Å². The Morgan fingerprint density at radius 1 is 1.02 bits per heavy atom. The van der Waals surface area contributed by atoms with E-state index in [9.17, 15) is 13.2 Å². The Balaban J connectivity index is 1.34. The summed E-state index contributed by atoms with van der Waals surface area (Å²) >= 11 is 0. The van der Waals surface area contributed by atoms with E-state index in [1.54, 1.807) is 80.6 Å². The van der Waals surface area contributed by atoms with Gasteiger partial charge in [-0.2, -0.15) is 5.10 Å². The highest BCUT2D eigenvalue weighted by Gasteiger charge is 2.25. The van der Waals surface area contributed by atoms with E-state index in [0.29, 0.717) is 29.7 Å². The zero-order valence-corrected chi connectivity index (χ0v) is 27.1. The summed E-state index contributed by atoms with van der Waals surface area (Å²) in [4.78, 5) is 16.0. The first-order valence-electron chi connectivity index (χ1n) is 14.6. The van der Waals surface area contributed by atoms with Crippen LogP contribution in [0.1, 0.15) is 49.9 Å². The van der Waals surface area contributed by atoms with E-state index in [2.05, 4.69) is 25.3 Å². The molecule has 0 aliphatic carbocycles. The van der Waals surface area contributed by atoms with Gasteiger partial charge in [-0.3, -0.25) is 14.4 Å². The van der Waals surface area contributed by atoms with Gasteiger partial charge in [-0.05, 0) is 68.7 Å². The monoisotopic (exact) mass is 648 g/mol. The number of alkyl carbamates (subject to hydrolysis) is 1. The fourth-order valence-corrected chi connectivity index (χ4v) is 5.80. The molecule has 0 spiro atoms. The molecule has 0 aliphatic rings. The van der Waals surface area contributed by atoms with Gasteiger partial charge in [0, 0.05) is 36.3 Å². The molecule has 0 saturated heterocycles. The summed E-state index contributed by atoms with van der Waals surface area (Å²) in [6.07, 6.45) is 6.87. The SMILES string of the molecule is CCc1ccc(OCc2cccnc2)c(S(=O)(=O)Nc2noc3cc(Cn4cc(CNC(=O)OC(C)(C)C)cn4)cc(OC)c23)c1. The molecule has 1 amide bonds. The maximum atomic E-state index is 13.7. The third-order valence-corrected chi connectivity index (χ3v) is 8.10. The Bertz CT molecular complexity index is 1930. The van der Waals surface area contributed by atoms with Gasteiger partial charge in [-0.25, -0.2) is 13.2 Å². The molecule has 13 nitrogen and oxygen atoms in total. The van der Waals surface area contributed by atoms with Gasteiger partial charge in [0.25, 0.3) is 10.0 Å². The van der Waals surface area contributed by atoms with Gasteiger partial charge in [-0.15, -0.1) is 0 Å². The molecule has 5 rings (SSSR count). The number of nitrogens with zero attached hydrogens (tertiary/aromatic N) is 4. The molecule has 0 radical (unpaired) electrons. The molecule has 2 aromatic carbocycles. The van der Waals surface area contributed by atoms with Gasteiger partial charge >= 0.3 is 6.09 Å². The van der Waals surface area contributed by atoms with Crippen molar-refractivity contribution in [2.24, 2.45) is 0 Å². The number of fused-ring (bicyclic) bond motifs is 1. The van der Waals surface area contributed by atoms with E-state index in [4.69, 9.17) is 18.7 Å². The lowest BCUT2D eigenvalue weighted by atomic mass is 10.1. The smallest absolute Gasteiger partial charge is 0.407 e. The highest BCUT2D eigenvalue weighted by Crippen LogP contribution is 2.36. The van der Waals surface area contributed by atoms with Crippen LogP contribution in [-0.4, -0.2) is 47.1 Å². The lowest BCUT2D eigenvalue weighted by Gasteiger charge is -2.19. The third-order valence-electron chi connectivity index (χ3n) is 6.74. The van der Waals surface area contributed by atoms with E-state index in [1.807, 2.05) is 19.1 Å². The number of aromatic nitrogens is 4. The fraction of sp³-hybridized carbons (Fsp3) is 0.312. The van der Waals surface area contributed by atoms with Gasteiger partial charge in [0.15, 0.2) is 11.4 Å². The number of carbonyl (C=O) groups excluding carboxylic acids is 1. The Morgan fingerprint density at radius 3 is 2.57 bits per heavy atom. The molecule has 2 N–H and O–H groups in total. The van der Waals surface area contributed by atoms with Crippen molar-refractivity contribution < 1.29 is 31.9 Å². The standard InChI is InChI=1S/C32H36N6O7S/c1-6-21-9-10-25(43-20-22-8-7-11-33-15-22)28(14-21)46(40,41)37-30-29-26(42-5)12-23(13-27(29)45-36-30)18-38-19-24(17-35-38)16-34-31(39)44-32(2,3)4/h7-15,17,19H,6,16,18,20H2,1-5H3,(H,34,39)(H,36,37). The summed E-state index contributed by atoms with van der Waals surface area (Å²) in [5, 5.41) is 11.5. The number of hydrogen-bond acceptors (Lipinski definition) is 10.